The van der Waals surface area contributed by atoms with Crippen molar-refractivity contribution in [3.8, 4) is 0 Å². The van der Waals surface area contributed by atoms with Gasteiger partial charge in [0.15, 0.2) is 5.16 Å². The van der Waals surface area contributed by atoms with Gasteiger partial charge < -0.3 is 15.0 Å². The van der Waals surface area contributed by atoms with Gasteiger partial charge in [0.05, 0.1) is 6.61 Å². The third-order valence-electron chi connectivity index (χ3n) is 3.35. The third-order valence-corrected chi connectivity index (χ3v) is 4.48. The van der Waals surface area contributed by atoms with Gasteiger partial charge in [-0.3, -0.25) is 0 Å². The zero-order chi connectivity index (χ0) is 12.5. The first-order valence-electron chi connectivity index (χ1n) is 6.61. The molecule has 0 amide bonds. The molecule has 5 nitrogen and oxygen atoms in total. The van der Waals surface area contributed by atoms with Gasteiger partial charge in [0.1, 0.15) is 5.82 Å². The number of thioether (sulfide) groups is 1. The van der Waals surface area contributed by atoms with E-state index in [4.69, 9.17) is 10.5 Å². The maximum Gasteiger partial charge on any atom is 0.191 e. The van der Waals surface area contributed by atoms with Gasteiger partial charge in [-0.1, -0.05) is 11.8 Å². The summed E-state index contributed by atoms with van der Waals surface area (Å²) in [6.07, 6.45) is 5.10. The Hall–Kier alpha value is -0.590. The molecule has 0 saturated heterocycles. The summed E-state index contributed by atoms with van der Waals surface area (Å²) >= 11 is 1.71. The Bertz CT molecular complexity index is 414. The second-order valence-corrected chi connectivity index (χ2v) is 6.23. The minimum absolute atomic E-state index is 0.0636. The summed E-state index contributed by atoms with van der Waals surface area (Å²) in [4.78, 5) is 0. The number of nitrogens with zero attached hydrogens (tertiary/aromatic N) is 3. The first-order chi connectivity index (χ1) is 8.79. The monoisotopic (exact) mass is 268 g/mol. The van der Waals surface area contributed by atoms with E-state index in [-0.39, 0.29) is 6.04 Å². The van der Waals surface area contributed by atoms with E-state index >= 15 is 0 Å². The molecule has 2 aliphatic carbocycles. The Balaban J connectivity index is 1.67. The van der Waals surface area contributed by atoms with Gasteiger partial charge in [-0.2, -0.15) is 0 Å². The predicted octanol–water partition coefficient (Wildman–Crippen LogP) is 1.56. The molecule has 0 spiro atoms. The molecule has 2 saturated carbocycles. The standard InChI is InChI=1S/C12H20N4OS/c1-17-6-9(13)7-18-12-15-14-11(8-2-3-8)16(12)10-4-5-10/h8-10H,2-7,13H2,1H3. The predicted molar refractivity (Wildman–Crippen MR) is 70.8 cm³/mol. The van der Waals surface area contributed by atoms with Gasteiger partial charge in [-0.15, -0.1) is 10.2 Å². The van der Waals surface area contributed by atoms with Gasteiger partial charge in [-0.25, -0.2) is 0 Å². The smallest absolute Gasteiger partial charge is 0.191 e. The molecular weight excluding hydrogens is 248 g/mol. The summed E-state index contributed by atoms with van der Waals surface area (Å²) in [6, 6.07) is 0.713. The lowest BCUT2D eigenvalue weighted by Crippen LogP contribution is -2.28. The normalized spacial score (nSPS) is 21.2. The van der Waals surface area contributed by atoms with Crippen LogP contribution in [0.15, 0.2) is 5.16 Å². The van der Waals surface area contributed by atoms with E-state index < -0.39 is 0 Å². The number of hydrogen-bond donors (Lipinski definition) is 1. The van der Waals surface area contributed by atoms with Crippen LogP contribution in [0.4, 0.5) is 0 Å². The molecule has 6 heteroatoms. The number of nitrogens with two attached hydrogens (primary N) is 1. The summed E-state index contributed by atoms with van der Waals surface area (Å²) in [7, 11) is 1.68. The van der Waals surface area contributed by atoms with E-state index in [1.807, 2.05) is 0 Å². The van der Waals surface area contributed by atoms with Crippen molar-refractivity contribution in [2.24, 2.45) is 5.73 Å². The van der Waals surface area contributed by atoms with Crippen LogP contribution in [-0.2, 0) is 4.74 Å². The van der Waals surface area contributed by atoms with E-state index in [1.165, 1.54) is 31.5 Å². The van der Waals surface area contributed by atoms with E-state index in [0.29, 0.717) is 18.6 Å². The highest BCUT2D eigenvalue weighted by atomic mass is 32.2. The largest absolute Gasteiger partial charge is 0.383 e. The fourth-order valence-electron chi connectivity index (χ4n) is 2.13. The highest BCUT2D eigenvalue weighted by Crippen LogP contribution is 2.45. The van der Waals surface area contributed by atoms with Gasteiger partial charge in [0, 0.05) is 30.9 Å². The number of hydrogen-bond acceptors (Lipinski definition) is 5. The lowest BCUT2D eigenvalue weighted by Gasteiger charge is -2.11. The van der Waals surface area contributed by atoms with E-state index in [0.717, 1.165) is 10.9 Å². The molecule has 1 aromatic heterocycles. The summed E-state index contributed by atoms with van der Waals surface area (Å²) in [5.74, 6) is 2.71. The van der Waals surface area contributed by atoms with Crippen LogP contribution in [0.5, 0.6) is 0 Å². The Morgan fingerprint density at radius 2 is 2.17 bits per heavy atom. The first-order valence-corrected chi connectivity index (χ1v) is 7.60. The third kappa shape index (κ3) is 2.70. The average Bonchev–Trinajstić information content (AvgIpc) is 3.25. The van der Waals surface area contributed by atoms with Crippen molar-refractivity contribution in [1.29, 1.82) is 0 Å². The zero-order valence-electron chi connectivity index (χ0n) is 10.7. The number of methoxy groups -OCH3 is 1. The van der Waals surface area contributed by atoms with Crippen LogP contribution in [0, 0.1) is 0 Å². The quantitative estimate of drug-likeness (QED) is 0.760. The van der Waals surface area contributed by atoms with Crippen molar-refractivity contribution in [3.05, 3.63) is 5.82 Å². The van der Waals surface area contributed by atoms with Crippen LogP contribution in [0.3, 0.4) is 0 Å². The maximum absolute atomic E-state index is 5.95. The zero-order valence-corrected chi connectivity index (χ0v) is 11.5. The summed E-state index contributed by atoms with van der Waals surface area (Å²) < 4.78 is 7.42. The van der Waals surface area contributed by atoms with Crippen LogP contribution in [0.2, 0.25) is 0 Å². The molecule has 0 aliphatic heterocycles. The van der Waals surface area contributed by atoms with E-state index in [2.05, 4.69) is 14.8 Å². The molecule has 100 valence electrons. The number of aromatic nitrogens is 3. The van der Waals surface area contributed by atoms with Crippen molar-refractivity contribution in [2.45, 2.75) is 48.8 Å². The summed E-state index contributed by atoms with van der Waals surface area (Å²) in [5, 5.41) is 9.78. The fourth-order valence-corrected chi connectivity index (χ4v) is 3.07. The molecule has 1 heterocycles. The maximum atomic E-state index is 5.95. The van der Waals surface area contributed by atoms with Crippen molar-refractivity contribution in [2.75, 3.05) is 19.5 Å². The molecule has 3 rings (SSSR count). The molecule has 0 radical (unpaired) electrons. The molecule has 1 aromatic rings. The van der Waals surface area contributed by atoms with Crippen molar-refractivity contribution < 1.29 is 4.74 Å². The van der Waals surface area contributed by atoms with Crippen LogP contribution in [0.1, 0.15) is 43.5 Å². The minimum atomic E-state index is 0.0636. The molecule has 0 bridgehead atoms. The van der Waals surface area contributed by atoms with Crippen molar-refractivity contribution in [1.82, 2.24) is 14.8 Å². The van der Waals surface area contributed by atoms with Crippen LogP contribution in [-0.4, -0.2) is 40.3 Å². The average molecular weight is 268 g/mol. The van der Waals surface area contributed by atoms with Crippen LogP contribution < -0.4 is 5.73 Å². The Morgan fingerprint density at radius 1 is 1.39 bits per heavy atom. The molecule has 1 atom stereocenters. The van der Waals surface area contributed by atoms with Gasteiger partial charge in [0.25, 0.3) is 0 Å². The van der Waals surface area contributed by atoms with Gasteiger partial charge in [0.2, 0.25) is 0 Å². The Morgan fingerprint density at radius 3 is 2.78 bits per heavy atom. The van der Waals surface area contributed by atoms with Gasteiger partial charge in [-0.05, 0) is 25.7 Å². The molecule has 2 fully saturated rings. The number of ether oxygens (including phenoxy) is 1. The fraction of sp³-hybridized carbons (Fsp3) is 0.833. The SMILES string of the molecule is COCC(N)CSc1nnc(C2CC2)n1C1CC1. The van der Waals surface area contributed by atoms with E-state index in [9.17, 15) is 0 Å². The lowest BCUT2D eigenvalue weighted by molar-refractivity contribution is 0.186. The second-order valence-electron chi connectivity index (χ2n) is 5.24. The lowest BCUT2D eigenvalue weighted by atomic mass is 10.4. The van der Waals surface area contributed by atoms with E-state index in [1.54, 1.807) is 18.9 Å². The first kappa shape index (κ1) is 12.4. The van der Waals surface area contributed by atoms with Crippen LogP contribution in [0.25, 0.3) is 0 Å². The molecule has 2 aliphatic rings. The van der Waals surface area contributed by atoms with Crippen molar-refractivity contribution in [3.63, 3.8) is 0 Å². The van der Waals surface area contributed by atoms with Crippen molar-refractivity contribution >= 4 is 11.8 Å². The van der Waals surface area contributed by atoms with Gasteiger partial charge >= 0.3 is 0 Å². The summed E-state index contributed by atoms with van der Waals surface area (Å²) in [5.41, 5.74) is 5.95. The Kier molecular flexibility index (Phi) is 3.59. The second kappa shape index (κ2) is 5.19. The molecule has 2 N–H and O–H groups in total. The highest BCUT2D eigenvalue weighted by molar-refractivity contribution is 7.99. The number of rotatable bonds is 7. The highest BCUT2D eigenvalue weighted by Gasteiger charge is 2.36. The Labute approximate surface area is 111 Å². The topological polar surface area (TPSA) is 66.0 Å². The molecule has 1 unspecified atom stereocenters. The van der Waals surface area contributed by atoms with Crippen LogP contribution >= 0.6 is 11.8 Å². The molecule has 0 aromatic carbocycles. The molecule has 18 heavy (non-hydrogen) atoms. The summed E-state index contributed by atoms with van der Waals surface area (Å²) in [6.45, 7) is 0.597. The molecular formula is C12H20N4OS. The minimum Gasteiger partial charge on any atom is -0.383 e.